The van der Waals surface area contributed by atoms with E-state index in [1.807, 2.05) is 124 Å². The number of pyridine rings is 2. The van der Waals surface area contributed by atoms with Gasteiger partial charge in [0, 0.05) is 93.5 Å². The Balaban J connectivity index is 0.000000133. The highest BCUT2D eigenvalue weighted by atomic mass is 127. The van der Waals surface area contributed by atoms with Gasteiger partial charge in [-0.05, 0) is 196 Å². The molecule has 18 nitrogen and oxygen atoms in total. The Morgan fingerprint density at radius 1 is 0.520 bits per heavy atom. The Morgan fingerprint density at radius 2 is 0.990 bits per heavy atom. The zero-order chi connectivity index (χ0) is 68.2. The molecule has 3 aliphatic heterocycles. The standard InChI is InChI=1S/C34H23F2N5O3.C30H18F2IN3O3.C10H17BN2O2/c1-37-34(42)31-23-14-20(21(26-12-13-38-40(26)2)16-30(23)44-33(31)18-6-8-19(35)9-7-18)25-10-11-29-32(39-25)28-15-22-24(36)4-3-5-27(22)41(28)17-43-29;1-34-30(37)27-19-11-18(21(33)13-26(19)39-29(27)15-5-7-16(31)8-6-15)22-9-10-25-28(35-22)24-12-17-20(32)3-2-4-23(17)36(24)14-38-25;1-9(2)10(3,4)15-11(14-9)8-6-7-12-13(8)5/h3-16H,17H2,1-2H3,(H,37,42);2-13H,14H2,1H3,(H,34,37);6-7H,1-5H3. The molecule has 1 saturated heterocycles. The number of aryl methyl sites for hydroxylation is 2. The van der Waals surface area contributed by atoms with Gasteiger partial charge in [0.15, 0.2) is 13.5 Å². The lowest BCUT2D eigenvalue weighted by atomic mass is 9.85. The van der Waals surface area contributed by atoms with Crippen molar-refractivity contribution in [1.82, 2.24) is 49.3 Å². The van der Waals surface area contributed by atoms with Crippen molar-refractivity contribution in [1.29, 1.82) is 0 Å². The van der Waals surface area contributed by atoms with Crippen molar-refractivity contribution in [2.45, 2.75) is 52.4 Å². The van der Waals surface area contributed by atoms with Gasteiger partial charge in [0.1, 0.15) is 68.8 Å². The fourth-order valence-electron chi connectivity index (χ4n) is 12.6. The predicted octanol–water partition coefficient (Wildman–Crippen LogP) is 15.3. The summed E-state index contributed by atoms with van der Waals surface area (Å²) in [6, 6.07) is 43.9. The molecular weight excluding hydrogens is 1370 g/mol. The Bertz CT molecular complexity index is 5540. The highest BCUT2D eigenvalue weighted by Gasteiger charge is 2.52. The molecule has 0 bridgehead atoms. The summed E-state index contributed by atoms with van der Waals surface area (Å²) in [5.41, 5.74) is 11.7. The number of carbonyl (C=O) groups excluding carboxylic acids is 2. The maximum absolute atomic E-state index is 14.7. The number of halogens is 5. The fourth-order valence-corrected chi connectivity index (χ4v) is 13.4. The molecular formula is C74H58BF4IN10O8. The first kappa shape index (κ1) is 63.2. The third-order valence-corrected chi connectivity index (χ3v) is 19.3. The molecule has 24 heteroatoms. The van der Waals surface area contributed by atoms with Gasteiger partial charge in [-0.25, -0.2) is 27.5 Å². The number of nitrogens with one attached hydrogen (secondary N) is 2. The van der Waals surface area contributed by atoms with Crippen molar-refractivity contribution in [3.63, 3.8) is 0 Å². The van der Waals surface area contributed by atoms with Crippen LogP contribution < -0.4 is 25.7 Å². The maximum atomic E-state index is 14.7. The van der Waals surface area contributed by atoms with Crippen LogP contribution in [0.25, 0.3) is 123 Å². The molecule has 490 valence electrons. The van der Waals surface area contributed by atoms with Crippen LogP contribution in [0.15, 0.2) is 179 Å². The number of carbonyl (C=O) groups is 2. The van der Waals surface area contributed by atoms with E-state index in [1.54, 1.807) is 84.4 Å². The monoisotopic (exact) mass is 1430 g/mol. The van der Waals surface area contributed by atoms with Gasteiger partial charge in [-0.3, -0.25) is 19.0 Å². The van der Waals surface area contributed by atoms with E-state index >= 15 is 0 Å². The van der Waals surface area contributed by atoms with Gasteiger partial charge in [0.25, 0.3) is 11.8 Å². The van der Waals surface area contributed by atoms with Crippen molar-refractivity contribution in [3.05, 3.63) is 208 Å². The topological polar surface area (TPSA) is 193 Å². The Morgan fingerprint density at radius 3 is 1.46 bits per heavy atom. The van der Waals surface area contributed by atoms with E-state index in [2.05, 4.69) is 43.4 Å². The van der Waals surface area contributed by atoms with Crippen LogP contribution in [0.3, 0.4) is 0 Å². The number of amides is 2. The van der Waals surface area contributed by atoms with Crippen LogP contribution in [0.1, 0.15) is 48.4 Å². The largest absolute Gasteiger partial charge is 0.514 e. The SMILES string of the molecule is CNC(=O)c1c(-c2ccc(F)cc2)oc2cc(-c3ccnn3C)c(-c3ccc4c(n3)-c3cc5c(F)cccc5n3CO4)cc12.CNC(=O)c1c(-c2ccc(F)cc2)oc2cc(I)c(-c3ccc4c(n3)-c3cc5c(F)cccc5n3CO4)cc12.Cn1nccc1B1OC(C)(C)C(C)(C)O1. The lowest BCUT2D eigenvalue weighted by Gasteiger charge is -2.32. The summed E-state index contributed by atoms with van der Waals surface area (Å²) in [5.74, 6) is -0.177. The lowest BCUT2D eigenvalue weighted by Crippen LogP contribution is -2.41. The van der Waals surface area contributed by atoms with E-state index in [9.17, 15) is 27.2 Å². The van der Waals surface area contributed by atoms with Crippen LogP contribution in [0.5, 0.6) is 11.5 Å². The number of fused-ring (bicyclic) bond motifs is 12. The van der Waals surface area contributed by atoms with Gasteiger partial charge in [-0.15, -0.1) is 0 Å². The smallest absolute Gasteiger partial charge is 0.470 e. The molecule has 2 amide bonds. The minimum absolute atomic E-state index is 0.235. The highest BCUT2D eigenvalue weighted by molar-refractivity contribution is 14.1. The molecule has 0 spiro atoms. The first-order chi connectivity index (χ1) is 47.2. The molecule has 0 radical (unpaired) electrons. The summed E-state index contributed by atoms with van der Waals surface area (Å²) in [4.78, 5) is 36.3. The Hall–Kier alpha value is -10.8. The van der Waals surface area contributed by atoms with Crippen molar-refractivity contribution < 1.29 is 54.8 Å². The summed E-state index contributed by atoms with van der Waals surface area (Å²) in [7, 11) is 6.51. The van der Waals surface area contributed by atoms with Crippen molar-refractivity contribution in [3.8, 4) is 90.7 Å². The third kappa shape index (κ3) is 10.8. The summed E-state index contributed by atoms with van der Waals surface area (Å²) in [6.07, 6.45) is 3.45. The van der Waals surface area contributed by atoms with E-state index < -0.39 is 5.82 Å². The molecule has 14 aromatic rings. The molecule has 1 fully saturated rings. The van der Waals surface area contributed by atoms with E-state index in [-0.39, 0.29) is 61.0 Å². The number of furan rings is 2. The fraction of sp³-hybridized carbons (Fsp3) is 0.162. The molecule has 11 heterocycles. The number of nitrogens with zero attached hydrogens (tertiary/aromatic N) is 8. The van der Waals surface area contributed by atoms with E-state index in [0.717, 1.165) is 54.0 Å². The molecule has 0 aliphatic carbocycles. The molecule has 6 aromatic carbocycles. The minimum atomic E-state index is -0.392. The molecule has 98 heavy (non-hydrogen) atoms. The lowest BCUT2D eigenvalue weighted by molar-refractivity contribution is 0.00578. The van der Waals surface area contributed by atoms with Gasteiger partial charge < -0.3 is 47.4 Å². The number of hydrogen-bond donors (Lipinski definition) is 2. The molecule has 0 unspecified atom stereocenters. The summed E-state index contributed by atoms with van der Waals surface area (Å²) < 4.78 is 101. The van der Waals surface area contributed by atoms with Gasteiger partial charge in [-0.1, -0.05) is 12.1 Å². The minimum Gasteiger partial charge on any atom is -0.470 e. The molecule has 2 N–H and O–H groups in total. The molecule has 8 aromatic heterocycles. The van der Waals surface area contributed by atoms with Crippen molar-refractivity contribution in [2.75, 3.05) is 14.1 Å². The van der Waals surface area contributed by atoms with Crippen molar-refractivity contribution in [2.24, 2.45) is 14.1 Å². The van der Waals surface area contributed by atoms with Crippen LogP contribution in [-0.4, -0.2) is 82.9 Å². The average Bonchev–Trinajstić information content (AvgIpc) is 1.57. The number of benzene rings is 6. The Labute approximate surface area is 571 Å². The second-order valence-electron chi connectivity index (χ2n) is 24.7. The predicted molar refractivity (Wildman–Crippen MR) is 373 cm³/mol. The summed E-state index contributed by atoms with van der Waals surface area (Å²) in [6.45, 7) is 8.68. The normalized spacial score (nSPS) is 14.0. The zero-order valence-electron chi connectivity index (χ0n) is 53.9. The van der Waals surface area contributed by atoms with E-state index in [0.29, 0.717) is 101 Å². The van der Waals surface area contributed by atoms with E-state index in [1.165, 1.54) is 36.4 Å². The first-order valence-electron chi connectivity index (χ1n) is 31.2. The number of aromatic nitrogens is 8. The van der Waals surface area contributed by atoms with Crippen LogP contribution in [0.2, 0.25) is 0 Å². The molecule has 0 atom stereocenters. The molecule has 17 rings (SSSR count). The van der Waals surface area contributed by atoms with Gasteiger partial charge >= 0.3 is 7.12 Å². The van der Waals surface area contributed by atoms with Gasteiger partial charge in [-0.2, -0.15) is 10.2 Å². The van der Waals surface area contributed by atoms with Gasteiger partial charge in [0.2, 0.25) is 0 Å². The number of hydrogen-bond acceptors (Lipinski definition) is 12. The maximum Gasteiger partial charge on any atom is 0.514 e. The van der Waals surface area contributed by atoms with Crippen molar-refractivity contribution >= 4 is 90.9 Å². The summed E-state index contributed by atoms with van der Waals surface area (Å²) in [5, 5.41) is 16.0. The number of ether oxygens (including phenoxy) is 2. The van der Waals surface area contributed by atoms with Crippen LogP contribution in [0.4, 0.5) is 17.6 Å². The van der Waals surface area contributed by atoms with E-state index in [4.69, 9.17) is 37.6 Å². The quantitative estimate of drug-likeness (QED) is 0.0832. The highest BCUT2D eigenvalue weighted by Crippen LogP contribution is 2.46. The second kappa shape index (κ2) is 24.4. The van der Waals surface area contributed by atoms with Gasteiger partial charge in [0.05, 0.1) is 67.4 Å². The Kier molecular flexibility index (Phi) is 15.7. The summed E-state index contributed by atoms with van der Waals surface area (Å²) >= 11 is 2.21. The second-order valence-corrected chi connectivity index (χ2v) is 25.9. The zero-order valence-corrected chi connectivity index (χ0v) is 56.0. The van der Waals surface area contributed by atoms with Crippen LogP contribution in [0, 0.1) is 26.8 Å². The van der Waals surface area contributed by atoms with Crippen LogP contribution >= 0.6 is 22.6 Å². The first-order valence-corrected chi connectivity index (χ1v) is 32.2. The average molecular weight is 1430 g/mol. The molecule has 0 saturated carbocycles. The molecule has 3 aliphatic rings. The number of rotatable bonds is 8. The van der Waals surface area contributed by atoms with Crippen LogP contribution in [-0.2, 0) is 36.9 Å². The third-order valence-electron chi connectivity index (χ3n) is 18.4.